The van der Waals surface area contributed by atoms with Crippen molar-refractivity contribution in [3.8, 4) is 0 Å². The van der Waals surface area contributed by atoms with Crippen LogP contribution < -0.4 is 5.32 Å². The van der Waals surface area contributed by atoms with Gasteiger partial charge in [0, 0.05) is 5.92 Å². The molecule has 4 rings (SSSR count). The number of hydrogen-bond acceptors (Lipinski definition) is 3. The van der Waals surface area contributed by atoms with Crippen LogP contribution in [0.15, 0.2) is 42.5 Å². The van der Waals surface area contributed by atoms with Crippen LogP contribution in [0.1, 0.15) is 24.2 Å². The first-order valence-electron chi connectivity index (χ1n) is 9.31. The second-order valence-electron chi connectivity index (χ2n) is 7.22. The summed E-state index contributed by atoms with van der Waals surface area (Å²) >= 11 is 0. The van der Waals surface area contributed by atoms with E-state index in [1.165, 1.54) is 11.6 Å². The van der Waals surface area contributed by atoms with Gasteiger partial charge in [0.25, 0.3) is 0 Å². The van der Waals surface area contributed by atoms with Crippen molar-refractivity contribution in [1.29, 1.82) is 0 Å². The quantitative estimate of drug-likeness (QED) is 0.737. The monoisotopic (exact) mass is 366 g/mol. The first kappa shape index (κ1) is 17.7. The summed E-state index contributed by atoms with van der Waals surface area (Å²) < 4.78 is 13.7. The summed E-state index contributed by atoms with van der Waals surface area (Å²) in [7, 11) is 0. The van der Waals surface area contributed by atoms with E-state index in [1.54, 1.807) is 18.2 Å². The Balaban J connectivity index is 1.33. The van der Waals surface area contributed by atoms with Gasteiger partial charge in [-0.25, -0.2) is 9.37 Å². The van der Waals surface area contributed by atoms with Gasteiger partial charge in [0.1, 0.15) is 11.6 Å². The third-order valence-electron chi connectivity index (χ3n) is 5.15. The second kappa shape index (κ2) is 7.48. The first-order chi connectivity index (χ1) is 13.1. The normalized spacial score (nSPS) is 15.9. The van der Waals surface area contributed by atoms with Crippen LogP contribution >= 0.6 is 0 Å². The molecule has 5 nitrogen and oxygen atoms in total. The van der Waals surface area contributed by atoms with E-state index in [4.69, 9.17) is 0 Å². The van der Waals surface area contributed by atoms with Crippen LogP contribution in [0.2, 0.25) is 0 Å². The number of aromatic nitrogens is 2. The van der Waals surface area contributed by atoms with Gasteiger partial charge in [-0.2, -0.15) is 0 Å². The van der Waals surface area contributed by atoms with Crippen molar-refractivity contribution in [2.75, 3.05) is 18.4 Å². The number of H-pyrrole nitrogens is 1. The highest BCUT2D eigenvalue weighted by molar-refractivity contribution is 5.92. The number of hydrogen-bond donors (Lipinski definition) is 2. The lowest BCUT2D eigenvalue weighted by Gasteiger charge is -2.30. The topological polar surface area (TPSA) is 61.0 Å². The zero-order valence-electron chi connectivity index (χ0n) is 15.3. The number of piperidine rings is 1. The molecule has 27 heavy (non-hydrogen) atoms. The zero-order valence-corrected chi connectivity index (χ0v) is 15.3. The average molecular weight is 366 g/mol. The fourth-order valence-electron chi connectivity index (χ4n) is 3.61. The van der Waals surface area contributed by atoms with Crippen LogP contribution in [-0.4, -0.2) is 33.9 Å². The maximum absolute atomic E-state index is 13.7. The fourth-order valence-corrected chi connectivity index (χ4v) is 3.61. The Kier molecular flexibility index (Phi) is 4.90. The molecule has 1 aliphatic heterocycles. The Hall–Kier alpha value is -2.73. The Labute approximate surface area is 157 Å². The number of rotatable bonds is 4. The smallest absolute Gasteiger partial charge is 0.227 e. The summed E-state index contributed by atoms with van der Waals surface area (Å²) in [5, 5.41) is 2.72. The van der Waals surface area contributed by atoms with E-state index in [0.29, 0.717) is 0 Å². The van der Waals surface area contributed by atoms with Crippen LogP contribution in [0.3, 0.4) is 0 Å². The van der Waals surface area contributed by atoms with Crippen LogP contribution in [0, 0.1) is 18.7 Å². The number of nitrogens with one attached hydrogen (secondary N) is 2. The van der Waals surface area contributed by atoms with E-state index in [9.17, 15) is 9.18 Å². The molecule has 1 saturated heterocycles. The lowest BCUT2D eigenvalue weighted by atomic mass is 9.96. The minimum atomic E-state index is -0.400. The predicted molar refractivity (Wildman–Crippen MR) is 104 cm³/mol. The highest BCUT2D eigenvalue weighted by Crippen LogP contribution is 2.22. The molecule has 6 heteroatoms. The van der Waals surface area contributed by atoms with Crippen molar-refractivity contribution in [2.24, 2.45) is 5.92 Å². The van der Waals surface area contributed by atoms with Crippen molar-refractivity contribution >= 4 is 22.6 Å². The highest BCUT2D eigenvalue weighted by atomic mass is 19.1. The molecule has 2 N–H and O–H groups in total. The Morgan fingerprint density at radius 3 is 2.81 bits per heavy atom. The number of aryl methyl sites for hydroxylation is 1. The predicted octanol–water partition coefficient (Wildman–Crippen LogP) is 3.86. The molecule has 1 aromatic heterocycles. The molecule has 0 aliphatic carbocycles. The Morgan fingerprint density at radius 2 is 2.04 bits per heavy atom. The number of fused-ring (bicyclic) bond motifs is 1. The second-order valence-corrected chi connectivity index (χ2v) is 7.22. The van der Waals surface area contributed by atoms with Gasteiger partial charge in [0.15, 0.2) is 0 Å². The summed E-state index contributed by atoms with van der Waals surface area (Å²) in [5.41, 5.74) is 3.50. The first-order valence-corrected chi connectivity index (χ1v) is 9.31. The zero-order chi connectivity index (χ0) is 18.8. The summed E-state index contributed by atoms with van der Waals surface area (Å²) in [6.45, 7) is 4.46. The molecule has 0 saturated carbocycles. The number of carbonyl (C=O) groups excluding carboxylic acids is 1. The van der Waals surface area contributed by atoms with Gasteiger partial charge in [-0.15, -0.1) is 0 Å². The van der Waals surface area contributed by atoms with E-state index in [1.807, 2.05) is 6.07 Å². The maximum Gasteiger partial charge on any atom is 0.227 e. The van der Waals surface area contributed by atoms with Gasteiger partial charge in [0.2, 0.25) is 5.91 Å². The number of likely N-dealkylation sites (tertiary alicyclic amines) is 1. The van der Waals surface area contributed by atoms with Crippen LogP contribution in [-0.2, 0) is 11.3 Å². The molecule has 0 radical (unpaired) electrons. The molecule has 1 aliphatic rings. The third kappa shape index (κ3) is 4.01. The third-order valence-corrected chi connectivity index (χ3v) is 5.15. The number of anilines is 1. The number of carbonyl (C=O) groups is 1. The molecule has 3 aromatic rings. The molecule has 0 bridgehead atoms. The molecule has 0 spiro atoms. The Bertz CT molecular complexity index is 960. The van der Waals surface area contributed by atoms with E-state index < -0.39 is 5.82 Å². The van der Waals surface area contributed by atoms with Gasteiger partial charge in [-0.05, 0) is 62.7 Å². The standard InChI is InChI=1S/C21H23FN4O/c1-14-6-7-18-19(12-14)24-20(23-18)13-26-10-8-15(9-11-26)21(27)25-17-5-3-2-4-16(17)22/h2-7,12,15H,8-11,13H2,1H3,(H,23,24)(H,25,27). The Morgan fingerprint density at radius 1 is 1.26 bits per heavy atom. The van der Waals surface area contributed by atoms with Crippen molar-refractivity contribution in [2.45, 2.75) is 26.3 Å². The molecule has 2 heterocycles. The number of benzene rings is 2. The molecule has 0 atom stereocenters. The van der Waals surface area contributed by atoms with Crippen molar-refractivity contribution in [3.05, 3.63) is 59.7 Å². The van der Waals surface area contributed by atoms with Crippen molar-refractivity contribution in [1.82, 2.24) is 14.9 Å². The van der Waals surface area contributed by atoms with E-state index in [0.717, 1.165) is 49.3 Å². The summed E-state index contributed by atoms with van der Waals surface area (Å²) in [4.78, 5) is 22.8. The molecule has 1 fully saturated rings. The average Bonchev–Trinajstić information content (AvgIpc) is 3.05. The van der Waals surface area contributed by atoms with Gasteiger partial charge < -0.3 is 10.3 Å². The highest BCUT2D eigenvalue weighted by Gasteiger charge is 2.26. The number of halogens is 1. The van der Waals surface area contributed by atoms with E-state index in [2.05, 4.69) is 39.2 Å². The van der Waals surface area contributed by atoms with Crippen LogP contribution in [0.4, 0.5) is 10.1 Å². The minimum absolute atomic E-state index is 0.0841. The lowest BCUT2D eigenvalue weighted by molar-refractivity contribution is -0.121. The van der Waals surface area contributed by atoms with Gasteiger partial charge in [-0.1, -0.05) is 18.2 Å². The summed E-state index contributed by atoms with van der Waals surface area (Å²) in [6, 6.07) is 12.5. The molecule has 140 valence electrons. The van der Waals surface area contributed by atoms with E-state index in [-0.39, 0.29) is 17.5 Å². The van der Waals surface area contributed by atoms with E-state index >= 15 is 0 Å². The molecule has 2 aromatic carbocycles. The number of imidazole rings is 1. The number of nitrogens with zero attached hydrogens (tertiary/aromatic N) is 2. The number of para-hydroxylation sites is 1. The molecular formula is C21H23FN4O. The SMILES string of the molecule is Cc1ccc2nc(CN3CCC(C(=O)Nc4ccccc4F)CC3)[nH]c2c1. The number of aromatic amines is 1. The molecular weight excluding hydrogens is 343 g/mol. The fraction of sp³-hybridized carbons (Fsp3) is 0.333. The maximum atomic E-state index is 13.7. The largest absolute Gasteiger partial charge is 0.341 e. The summed E-state index contributed by atoms with van der Waals surface area (Å²) in [6.07, 6.45) is 1.53. The molecule has 1 amide bonds. The van der Waals surface area contributed by atoms with Crippen molar-refractivity contribution < 1.29 is 9.18 Å². The summed E-state index contributed by atoms with van der Waals surface area (Å²) in [5.74, 6) is 0.367. The van der Waals surface area contributed by atoms with Gasteiger partial charge in [-0.3, -0.25) is 9.69 Å². The van der Waals surface area contributed by atoms with Crippen LogP contribution in [0.5, 0.6) is 0 Å². The van der Waals surface area contributed by atoms with Crippen LogP contribution in [0.25, 0.3) is 11.0 Å². The van der Waals surface area contributed by atoms with Gasteiger partial charge in [0.05, 0.1) is 23.3 Å². The van der Waals surface area contributed by atoms with Gasteiger partial charge >= 0.3 is 0 Å². The van der Waals surface area contributed by atoms with Crippen molar-refractivity contribution in [3.63, 3.8) is 0 Å². The minimum Gasteiger partial charge on any atom is -0.341 e. The lowest BCUT2D eigenvalue weighted by Crippen LogP contribution is -2.38. The molecule has 0 unspecified atom stereocenters. The number of amides is 1.